The summed E-state index contributed by atoms with van der Waals surface area (Å²) < 4.78 is 11.2. The average molecular weight is 391 g/mol. The Kier molecular flexibility index (Phi) is 7.33. The molecule has 1 aliphatic rings. The minimum atomic E-state index is -0.575. The summed E-state index contributed by atoms with van der Waals surface area (Å²) >= 11 is 0. The van der Waals surface area contributed by atoms with E-state index in [0.717, 1.165) is 0 Å². The molecule has 1 aromatic carbocycles. The Balaban J connectivity index is 1.78. The van der Waals surface area contributed by atoms with Gasteiger partial charge in [0.1, 0.15) is 11.4 Å². The molecule has 28 heavy (non-hydrogen) atoms. The van der Waals surface area contributed by atoms with Gasteiger partial charge in [-0.25, -0.2) is 4.79 Å². The number of nitrogens with one attached hydrogen (secondary N) is 1. The Morgan fingerprint density at radius 1 is 1.07 bits per heavy atom. The van der Waals surface area contributed by atoms with Gasteiger partial charge >= 0.3 is 6.09 Å². The summed E-state index contributed by atoms with van der Waals surface area (Å²) in [7, 11) is 0. The molecule has 0 aromatic heterocycles. The van der Waals surface area contributed by atoms with Crippen molar-refractivity contribution in [3.05, 3.63) is 29.8 Å². The molecule has 0 aliphatic carbocycles. The van der Waals surface area contributed by atoms with Crippen LogP contribution in [-0.2, 0) is 9.53 Å². The molecule has 1 unspecified atom stereocenters. The molecule has 1 aromatic rings. The molecule has 6 nitrogen and oxygen atoms in total. The van der Waals surface area contributed by atoms with Gasteiger partial charge in [0, 0.05) is 19.1 Å². The highest BCUT2D eigenvalue weighted by Crippen LogP contribution is 2.20. The lowest BCUT2D eigenvalue weighted by atomic mass is 10.0. The number of likely N-dealkylation sites (tertiary alicyclic amines) is 1. The number of rotatable bonds is 5. The fourth-order valence-corrected chi connectivity index (χ4v) is 3.04. The second-order valence-electron chi connectivity index (χ2n) is 8.73. The first-order valence-corrected chi connectivity index (χ1v) is 10.1. The summed E-state index contributed by atoms with van der Waals surface area (Å²) in [4.78, 5) is 26.3. The summed E-state index contributed by atoms with van der Waals surface area (Å²) in [6, 6.07) is 7.89. The fraction of sp³-hybridized carbons (Fsp3) is 0.636. The molecule has 0 radical (unpaired) electrons. The fourth-order valence-electron chi connectivity index (χ4n) is 3.04. The topological polar surface area (TPSA) is 67.9 Å². The van der Waals surface area contributed by atoms with Crippen molar-refractivity contribution >= 4 is 12.0 Å². The summed E-state index contributed by atoms with van der Waals surface area (Å²) in [5, 5.41) is 3.03. The molecule has 156 valence electrons. The van der Waals surface area contributed by atoms with Crippen molar-refractivity contribution in [2.24, 2.45) is 0 Å². The molecule has 1 fully saturated rings. The molecule has 1 heterocycles. The summed E-state index contributed by atoms with van der Waals surface area (Å²) in [5.74, 6) is 1.01. The van der Waals surface area contributed by atoms with E-state index >= 15 is 0 Å². The zero-order valence-corrected chi connectivity index (χ0v) is 18.0. The molecule has 2 rings (SSSR count). The minimum absolute atomic E-state index is 0.0422. The quantitative estimate of drug-likeness (QED) is 0.822. The number of hydrogen-bond donors (Lipinski definition) is 1. The van der Waals surface area contributed by atoms with Crippen LogP contribution in [0.4, 0.5) is 4.79 Å². The lowest BCUT2D eigenvalue weighted by molar-refractivity contribution is -0.128. The Morgan fingerprint density at radius 2 is 1.64 bits per heavy atom. The molecular weight excluding hydrogens is 356 g/mol. The molecule has 1 aliphatic heterocycles. The average Bonchev–Trinajstić information content (AvgIpc) is 2.61. The Hall–Kier alpha value is -2.24. The predicted octanol–water partition coefficient (Wildman–Crippen LogP) is 4.09. The van der Waals surface area contributed by atoms with Crippen LogP contribution in [0.5, 0.6) is 5.75 Å². The first-order valence-electron chi connectivity index (χ1n) is 10.1. The number of benzene rings is 1. The van der Waals surface area contributed by atoms with E-state index in [1.165, 1.54) is 5.56 Å². The van der Waals surface area contributed by atoms with Crippen LogP contribution < -0.4 is 10.1 Å². The predicted molar refractivity (Wildman–Crippen MR) is 110 cm³/mol. The molecule has 2 amide bonds. The van der Waals surface area contributed by atoms with E-state index in [4.69, 9.17) is 9.47 Å². The highest BCUT2D eigenvalue weighted by molar-refractivity contribution is 5.81. The Bertz CT molecular complexity index is 656. The summed E-state index contributed by atoms with van der Waals surface area (Å²) in [5.41, 5.74) is 0.739. The first-order chi connectivity index (χ1) is 13.0. The van der Waals surface area contributed by atoms with E-state index in [1.807, 2.05) is 45.0 Å². The van der Waals surface area contributed by atoms with Crippen molar-refractivity contribution < 1.29 is 19.1 Å². The van der Waals surface area contributed by atoms with E-state index in [1.54, 1.807) is 11.8 Å². The molecule has 0 spiro atoms. The zero-order valence-electron chi connectivity index (χ0n) is 18.0. The van der Waals surface area contributed by atoms with Crippen LogP contribution in [0.1, 0.15) is 65.9 Å². The highest BCUT2D eigenvalue weighted by atomic mass is 16.6. The Labute approximate surface area is 168 Å². The second-order valence-corrected chi connectivity index (χ2v) is 8.73. The van der Waals surface area contributed by atoms with E-state index in [9.17, 15) is 9.59 Å². The van der Waals surface area contributed by atoms with Gasteiger partial charge in [-0.05, 0) is 64.2 Å². The van der Waals surface area contributed by atoms with E-state index in [-0.39, 0.29) is 18.0 Å². The number of piperidine rings is 1. The molecule has 6 heteroatoms. The van der Waals surface area contributed by atoms with Crippen molar-refractivity contribution in [1.29, 1.82) is 0 Å². The molecule has 0 saturated carbocycles. The first kappa shape index (κ1) is 22.1. The summed E-state index contributed by atoms with van der Waals surface area (Å²) in [6.07, 6.45) is 0.550. The van der Waals surface area contributed by atoms with E-state index < -0.39 is 11.7 Å². The van der Waals surface area contributed by atoms with Gasteiger partial charge in [-0.2, -0.15) is 0 Å². The van der Waals surface area contributed by atoms with Gasteiger partial charge in [0.25, 0.3) is 5.91 Å². The van der Waals surface area contributed by atoms with Gasteiger partial charge in [0.2, 0.25) is 0 Å². The van der Waals surface area contributed by atoms with Gasteiger partial charge < -0.3 is 19.7 Å². The standard InChI is InChI=1S/C22H34N2O4/c1-15(2)17-7-9-19(10-8-17)27-16(3)20(25)23-18-11-13-24(14-12-18)21(26)28-22(4,5)6/h7-10,15-16,18H,11-14H2,1-6H3,(H,23,25). The van der Waals surface area contributed by atoms with Crippen LogP contribution in [0, 0.1) is 0 Å². The van der Waals surface area contributed by atoms with Gasteiger partial charge in [-0.3, -0.25) is 4.79 Å². The number of hydrogen-bond acceptors (Lipinski definition) is 4. The van der Waals surface area contributed by atoms with E-state index in [0.29, 0.717) is 37.6 Å². The van der Waals surface area contributed by atoms with Crippen LogP contribution >= 0.6 is 0 Å². The van der Waals surface area contributed by atoms with Crippen LogP contribution in [0.25, 0.3) is 0 Å². The third kappa shape index (κ3) is 6.73. The third-order valence-corrected chi connectivity index (χ3v) is 4.72. The van der Waals surface area contributed by atoms with Crippen molar-refractivity contribution in [3.8, 4) is 5.75 Å². The number of carbonyl (C=O) groups excluding carboxylic acids is 2. The lowest BCUT2D eigenvalue weighted by Crippen LogP contribution is -2.50. The van der Waals surface area contributed by atoms with Crippen LogP contribution in [0.3, 0.4) is 0 Å². The summed E-state index contributed by atoms with van der Waals surface area (Å²) in [6.45, 7) is 12.8. The van der Waals surface area contributed by atoms with Crippen LogP contribution in [-0.4, -0.2) is 47.7 Å². The van der Waals surface area contributed by atoms with Crippen LogP contribution in [0.15, 0.2) is 24.3 Å². The van der Waals surface area contributed by atoms with Gasteiger partial charge in [-0.15, -0.1) is 0 Å². The molecule has 1 N–H and O–H groups in total. The molecule has 1 atom stereocenters. The maximum Gasteiger partial charge on any atom is 0.410 e. The number of nitrogens with zero attached hydrogens (tertiary/aromatic N) is 1. The maximum atomic E-state index is 12.5. The SMILES string of the molecule is CC(Oc1ccc(C(C)C)cc1)C(=O)NC1CCN(C(=O)OC(C)(C)C)CC1. The molecule has 1 saturated heterocycles. The number of amides is 2. The smallest absolute Gasteiger partial charge is 0.410 e. The molecular formula is C22H34N2O4. The van der Waals surface area contributed by atoms with Gasteiger partial charge in [0.15, 0.2) is 6.10 Å². The van der Waals surface area contributed by atoms with Crippen molar-refractivity contribution in [2.75, 3.05) is 13.1 Å². The minimum Gasteiger partial charge on any atom is -0.481 e. The number of carbonyl (C=O) groups is 2. The van der Waals surface area contributed by atoms with Gasteiger partial charge in [0.05, 0.1) is 0 Å². The lowest BCUT2D eigenvalue weighted by Gasteiger charge is -2.34. The van der Waals surface area contributed by atoms with Gasteiger partial charge in [-0.1, -0.05) is 26.0 Å². The van der Waals surface area contributed by atoms with Crippen LogP contribution in [0.2, 0.25) is 0 Å². The monoisotopic (exact) mass is 390 g/mol. The van der Waals surface area contributed by atoms with Crippen molar-refractivity contribution in [1.82, 2.24) is 10.2 Å². The third-order valence-electron chi connectivity index (χ3n) is 4.72. The zero-order chi connectivity index (χ0) is 20.9. The Morgan fingerprint density at radius 3 is 2.14 bits per heavy atom. The maximum absolute atomic E-state index is 12.5. The van der Waals surface area contributed by atoms with Crippen molar-refractivity contribution in [2.45, 2.75) is 78.0 Å². The largest absolute Gasteiger partial charge is 0.481 e. The normalized spacial score (nSPS) is 16.6. The van der Waals surface area contributed by atoms with Crippen molar-refractivity contribution in [3.63, 3.8) is 0 Å². The molecule has 0 bridgehead atoms. The second kappa shape index (κ2) is 9.30. The highest BCUT2D eigenvalue weighted by Gasteiger charge is 2.28. The van der Waals surface area contributed by atoms with E-state index in [2.05, 4.69) is 19.2 Å². The number of ether oxygens (including phenoxy) is 2.